The van der Waals surface area contributed by atoms with E-state index in [1.54, 1.807) is 10.8 Å². The number of hydrogen-bond acceptors (Lipinski definition) is 5. The summed E-state index contributed by atoms with van der Waals surface area (Å²) in [5.41, 5.74) is 3.45. The summed E-state index contributed by atoms with van der Waals surface area (Å²) in [7, 11) is 1.86. The van der Waals surface area contributed by atoms with Gasteiger partial charge in [-0.2, -0.15) is 5.10 Å². The molecule has 8 heteroatoms. The minimum atomic E-state index is -0.351. The lowest BCUT2D eigenvalue weighted by Crippen LogP contribution is -2.23. The summed E-state index contributed by atoms with van der Waals surface area (Å²) >= 11 is 1.37. The summed E-state index contributed by atoms with van der Waals surface area (Å²) < 4.78 is 3.73. The van der Waals surface area contributed by atoms with Crippen LogP contribution in [0.25, 0.3) is 11.4 Å². The van der Waals surface area contributed by atoms with Gasteiger partial charge in [-0.25, -0.2) is 0 Å². The molecule has 3 rings (SSSR count). The van der Waals surface area contributed by atoms with Crippen molar-refractivity contribution in [3.63, 3.8) is 0 Å². The number of nitrogens with one attached hydrogen (secondary N) is 1. The molecule has 7 nitrogen and oxygen atoms in total. The summed E-state index contributed by atoms with van der Waals surface area (Å²) in [5.74, 6) is 0.660. The highest BCUT2D eigenvalue weighted by Gasteiger charge is 2.22. The fourth-order valence-electron chi connectivity index (χ4n) is 2.86. The number of hydrogen-bond donors (Lipinski definition) is 1. The maximum atomic E-state index is 12.7. The molecule has 0 saturated carbocycles. The molecule has 146 valence electrons. The van der Waals surface area contributed by atoms with Crippen molar-refractivity contribution in [2.75, 3.05) is 5.32 Å². The van der Waals surface area contributed by atoms with Gasteiger partial charge in [0.2, 0.25) is 5.91 Å². The smallest absolute Gasteiger partial charge is 0.237 e. The number of carbonyl (C=O) groups excluding carboxylic acids is 1. The SMILES string of the molecule is C=CCn1c(S[C@H](C)C(=O)Nc2c(C)nn(C)c2C)nnc1-c1ccccc1. The zero-order valence-electron chi connectivity index (χ0n) is 16.5. The molecular weight excluding hydrogens is 372 g/mol. The van der Waals surface area contributed by atoms with E-state index in [0.29, 0.717) is 11.7 Å². The average Bonchev–Trinajstić information content (AvgIpc) is 3.18. The molecule has 28 heavy (non-hydrogen) atoms. The van der Waals surface area contributed by atoms with Crippen molar-refractivity contribution in [2.24, 2.45) is 7.05 Å². The van der Waals surface area contributed by atoms with Crippen LogP contribution in [0, 0.1) is 13.8 Å². The summed E-state index contributed by atoms with van der Waals surface area (Å²) in [4.78, 5) is 12.7. The average molecular weight is 397 g/mol. The second-order valence-corrected chi connectivity index (χ2v) is 7.80. The van der Waals surface area contributed by atoms with Crippen LogP contribution in [0.15, 0.2) is 48.1 Å². The first-order chi connectivity index (χ1) is 13.4. The molecule has 0 bridgehead atoms. The Balaban J connectivity index is 1.80. The second kappa shape index (κ2) is 8.43. The van der Waals surface area contributed by atoms with Crippen molar-refractivity contribution in [3.05, 3.63) is 54.4 Å². The predicted molar refractivity (Wildman–Crippen MR) is 112 cm³/mol. The van der Waals surface area contributed by atoms with Crippen molar-refractivity contribution in [1.29, 1.82) is 0 Å². The van der Waals surface area contributed by atoms with Crippen molar-refractivity contribution in [2.45, 2.75) is 37.7 Å². The minimum absolute atomic E-state index is 0.0985. The maximum Gasteiger partial charge on any atom is 0.237 e. The van der Waals surface area contributed by atoms with Gasteiger partial charge in [0.25, 0.3) is 0 Å². The topological polar surface area (TPSA) is 77.6 Å². The first-order valence-corrected chi connectivity index (χ1v) is 9.87. The van der Waals surface area contributed by atoms with E-state index in [4.69, 9.17) is 0 Å². The van der Waals surface area contributed by atoms with Gasteiger partial charge >= 0.3 is 0 Å². The fourth-order valence-corrected chi connectivity index (χ4v) is 3.72. The van der Waals surface area contributed by atoms with Crippen LogP contribution in [0.1, 0.15) is 18.3 Å². The van der Waals surface area contributed by atoms with Crippen molar-refractivity contribution >= 4 is 23.4 Å². The van der Waals surface area contributed by atoms with Gasteiger partial charge in [0.05, 0.1) is 22.3 Å². The van der Waals surface area contributed by atoms with Gasteiger partial charge in [0, 0.05) is 19.2 Å². The molecule has 0 saturated heterocycles. The van der Waals surface area contributed by atoms with Gasteiger partial charge < -0.3 is 5.32 Å². The van der Waals surface area contributed by atoms with Gasteiger partial charge in [-0.3, -0.25) is 14.0 Å². The first-order valence-electron chi connectivity index (χ1n) is 8.99. The molecule has 0 radical (unpaired) electrons. The van der Waals surface area contributed by atoms with Gasteiger partial charge in [-0.05, 0) is 20.8 Å². The van der Waals surface area contributed by atoms with E-state index in [1.165, 1.54) is 11.8 Å². The van der Waals surface area contributed by atoms with E-state index in [-0.39, 0.29) is 11.2 Å². The first kappa shape index (κ1) is 19.9. The van der Waals surface area contributed by atoms with Crippen LogP contribution in [0.3, 0.4) is 0 Å². The van der Waals surface area contributed by atoms with E-state index in [9.17, 15) is 4.79 Å². The number of rotatable bonds is 7. The van der Waals surface area contributed by atoms with Crippen molar-refractivity contribution in [1.82, 2.24) is 24.5 Å². The summed E-state index contributed by atoms with van der Waals surface area (Å²) in [6.07, 6.45) is 1.80. The van der Waals surface area contributed by atoms with E-state index >= 15 is 0 Å². The molecular formula is C20H24N6OS. The molecule has 2 aromatic heterocycles. The van der Waals surface area contributed by atoms with Crippen LogP contribution in [0.2, 0.25) is 0 Å². The largest absolute Gasteiger partial charge is 0.322 e. The number of amides is 1. The predicted octanol–water partition coefficient (Wildman–Crippen LogP) is 3.60. The Bertz CT molecular complexity index is 992. The lowest BCUT2D eigenvalue weighted by molar-refractivity contribution is -0.115. The van der Waals surface area contributed by atoms with Crippen LogP contribution in [0.4, 0.5) is 5.69 Å². The van der Waals surface area contributed by atoms with Gasteiger partial charge in [0.15, 0.2) is 11.0 Å². The third-order valence-electron chi connectivity index (χ3n) is 4.47. The second-order valence-electron chi connectivity index (χ2n) is 6.49. The highest BCUT2D eigenvalue weighted by Crippen LogP contribution is 2.28. The number of nitrogens with zero attached hydrogens (tertiary/aromatic N) is 5. The zero-order chi connectivity index (χ0) is 20.3. The molecule has 2 heterocycles. The molecule has 1 atom stereocenters. The molecule has 0 aliphatic carbocycles. The zero-order valence-corrected chi connectivity index (χ0v) is 17.3. The normalized spacial score (nSPS) is 12.0. The lowest BCUT2D eigenvalue weighted by Gasteiger charge is -2.13. The van der Waals surface area contributed by atoms with Crippen LogP contribution in [-0.2, 0) is 18.4 Å². The van der Waals surface area contributed by atoms with E-state index in [1.807, 2.05) is 62.7 Å². The molecule has 3 aromatic rings. The molecule has 0 aliphatic heterocycles. The minimum Gasteiger partial charge on any atom is -0.322 e. The quantitative estimate of drug-likeness (QED) is 0.488. The number of anilines is 1. The van der Waals surface area contributed by atoms with Crippen molar-refractivity contribution in [3.8, 4) is 11.4 Å². The van der Waals surface area contributed by atoms with Crippen LogP contribution in [-0.4, -0.2) is 35.7 Å². The summed E-state index contributed by atoms with van der Waals surface area (Å²) in [6.45, 7) is 10.1. The van der Waals surface area contributed by atoms with E-state index < -0.39 is 0 Å². The number of aromatic nitrogens is 5. The summed E-state index contributed by atoms with van der Waals surface area (Å²) in [6, 6.07) is 9.86. The summed E-state index contributed by atoms with van der Waals surface area (Å²) in [5, 5.41) is 16.3. The molecule has 0 unspecified atom stereocenters. The molecule has 1 amide bonds. The molecule has 1 N–H and O–H groups in total. The third-order valence-corrected chi connectivity index (χ3v) is 5.55. The number of benzene rings is 1. The van der Waals surface area contributed by atoms with Crippen LogP contribution < -0.4 is 5.32 Å². The highest BCUT2D eigenvalue weighted by molar-refractivity contribution is 8.00. The Morgan fingerprint density at radius 2 is 2.00 bits per heavy atom. The van der Waals surface area contributed by atoms with Crippen LogP contribution in [0.5, 0.6) is 0 Å². The Kier molecular flexibility index (Phi) is 5.99. The number of allylic oxidation sites excluding steroid dienone is 1. The third kappa shape index (κ3) is 4.01. The Morgan fingerprint density at radius 1 is 1.29 bits per heavy atom. The Morgan fingerprint density at radius 3 is 2.61 bits per heavy atom. The Hall–Kier alpha value is -2.87. The van der Waals surface area contributed by atoms with Gasteiger partial charge in [-0.15, -0.1) is 16.8 Å². The van der Waals surface area contributed by atoms with Gasteiger partial charge in [0.1, 0.15) is 0 Å². The fraction of sp³-hybridized carbons (Fsp3) is 0.300. The lowest BCUT2D eigenvalue weighted by atomic mass is 10.2. The molecule has 0 fully saturated rings. The number of carbonyl (C=O) groups is 1. The Labute approximate surface area is 168 Å². The van der Waals surface area contributed by atoms with Gasteiger partial charge in [-0.1, -0.05) is 48.2 Å². The maximum absolute atomic E-state index is 12.7. The highest BCUT2D eigenvalue weighted by atomic mass is 32.2. The number of aryl methyl sites for hydroxylation is 2. The monoisotopic (exact) mass is 396 g/mol. The van der Waals surface area contributed by atoms with Crippen LogP contribution >= 0.6 is 11.8 Å². The van der Waals surface area contributed by atoms with Crippen molar-refractivity contribution < 1.29 is 4.79 Å². The molecule has 1 aromatic carbocycles. The number of thioether (sulfide) groups is 1. The van der Waals surface area contributed by atoms with E-state index in [0.717, 1.165) is 28.5 Å². The molecule has 0 aliphatic rings. The van der Waals surface area contributed by atoms with E-state index in [2.05, 4.69) is 27.2 Å². The molecule has 0 spiro atoms. The standard InChI is InChI=1S/C20H24N6OS/c1-6-12-26-18(16-10-8-7-9-11-16)22-23-20(26)28-15(4)19(27)21-17-13(2)24-25(5)14(17)3/h6-11,15H,1,12H2,2-5H3,(H,21,27)/t15-/m1/s1.